The molecule has 4 amide bonds. The van der Waals surface area contributed by atoms with Gasteiger partial charge in [0.1, 0.15) is 12.3 Å². The van der Waals surface area contributed by atoms with Crippen LogP contribution in [0.25, 0.3) is 22.5 Å². The third-order valence-electron chi connectivity index (χ3n) is 9.87. The van der Waals surface area contributed by atoms with E-state index in [1.807, 2.05) is 76.2 Å². The van der Waals surface area contributed by atoms with Crippen LogP contribution in [0.1, 0.15) is 78.2 Å². The second-order valence-corrected chi connectivity index (χ2v) is 14.9. The molecule has 5 N–H and O–H groups in total. The highest BCUT2D eigenvalue weighted by atomic mass is 16.5. The summed E-state index contributed by atoms with van der Waals surface area (Å²) in [7, 11) is 3.37. The molecule has 2 heterocycles. The number of hydrogen-bond acceptors (Lipinski definition) is 10. The first-order valence-electron chi connectivity index (χ1n) is 19.0. The molecule has 1 aliphatic heterocycles. The molecule has 2 aromatic carbocycles. The van der Waals surface area contributed by atoms with Crippen LogP contribution < -0.4 is 26.6 Å². The van der Waals surface area contributed by atoms with Crippen molar-refractivity contribution in [1.29, 1.82) is 0 Å². The van der Waals surface area contributed by atoms with E-state index < -0.39 is 23.6 Å². The number of unbranched alkanes of at least 4 members (excludes halogenated alkanes) is 1. The standard InChI is InChI=1S/C40H58N8O7/c1-39(2,53-6)21-25-55-40(3,4)20-23-43-33(49)18-19-34(50)47-27-28-13-7-8-14-29(28)36-35(30-15-9-10-17-32(30)47)45-46-48(36)24-26-54-38(52)44-22-12-11-16-31(42-5)37(41)51/h7-10,13-15,17,31,42H,11-12,16,18-27H2,1-6H3,(H2,41,51)(H,43,49)(H,44,52). The zero-order valence-corrected chi connectivity index (χ0v) is 33.1. The van der Waals surface area contributed by atoms with Crippen LogP contribution in [0.5, 0.6) is 0 Å². The van der Waals surface area contributed by atoms with Gasteiger partial charge < -0.3 is 40.8 Å². The molecule has 0 aliphatic carbocycles. The number of nitrogens with two attached hydrogens (primary N) is 1. The molecule has 300 valence electrons. The van der Waals surface area contributed by atoms with Crippen molar-refractivity contribution in [3.63, 3.8) is 0 Å². The predicted octanol–water partition coefficient (Wildman–Crippen LogP) is 4.33. The Kier molecular flexibility index (Phi) is 15.7. The molecular weight excluding hydrogens is 704 g/mol. The summed E-state index contributed by atoms with van der Waals surface area (Å²) in [6.45, 7) is 9.99. The van der Waals surface area contributed by atoms with Gasteiger partial charge in [-0.1, -0.05) is 47.7 Å². The number of carbonyl (C=O) groups excluding carboxylic acids is 4. The number of alkyl carbamates (subject to hydrolysis) is 1. The van der Waals surface area contributed by atoms with Crippen molar-refractivity contribution in [2.45, 2.75) is 103 Å². The maximum absolute atomic E-state index is 13.9. The second kappa shape index (κ2) is 20.2. The minimum Gasteiger partial charge on any atom is -0.448 e. The number of para-hydroxylation sites is 1. The first kappa shape index (κ1) is 42.9. The number of aromatic nitrogens is 3. The van der Waals surface area contributed by atoms with Gasteiger partial charge in [0, 0.05) is 44.2 Å². The average molecular weight is 763 g/mol. The molecular formula is C40H58N8O7. The molecule has 0 radical (unpaired) electrons. The smallest absolute Gasteiger partial charge is 0.407 e. The monoisotopic (exact) mass is 762 g/mol. The number of primary amides is 1. The van der Waals surface area contributed by atoms with Crippen LogP contribution >= 0.6 is 0 Å². The van der Waals surface area contributed by atoms with Crippen molar-refractivity contribution >= 4 is 29.5 Å². The molecule has 0 saturated carbocycles. The van der Waals surface area contributed by atoms with E-state index in [1.165, 1.54) is 0 Å². The Morgan fingerprint density at radius 2 is 1.62 bits per heavy atom. The molecule has 4 rings (SSSR count). The van der Waals surface area contributed by atoms with Crippen LogP contribution in [-0.2, 0) is 41.7 Å². The number of ether oxygens (including phenoxy) is 3. The van der Waals surface area contributed by atoms with Crippen molar-refractivity contribution in [1.82, 2.24) is 30.9 Å². The fraction of sp³-hybridized carbons (Fsp3) is 0.550. The Balaban J connectivity index is 1.36. The minimum absolute atomic E-state index is 0.0249. The molecule has 1 atom stereocenters. The Labute approximate surface area is 324 Å². The number of fused-ring (bicyclic) bond motifs is 5. The molecule has 1 aliphatic rings. The van der Waals surface area contributed by atoms with Gasteiger partial charge in [-0.25, -0.2) is 9.48 Å². The molecule has 55 heavy (non-hydrogen) atoms. The van der Waals surface area contributed by atoms with E-state index >= 15 is 0 Å². The minimum atomic E-state index is -0.549. The number of anilines is 1. The Hall–Kier alpha value is -4.86. The molecule has 0 saturated heterocycles. The van der Waals surface area contributed by atoms with Gasteiger partial charge in [0.2, 0.25) is 17.7 Å². The zero-order chi connectivity index (χ0) is 40.0. The normalized spacial score (nSPS) is 13.1. The number of hydrogen-bond donors (Lipinski definition) is 4. The van der Waals surface area contributed by atoms with Crippen molar-refractivity contribution in [3.05, 3.63) is 54.1 Å². The van der Waals surface area contributed by atoms with Gasteiger partial charge in [-0.05, 0) is 78.5 Å². The molecule has 1 aromatic heterocycles. The van der Waals surface area contributed by atoms with Gasteiger partial charge >= 0.3 is 6.09 Å². The Morgan fingerprint density at radius 3 is 2.35 bits per heavy atom. The first-order chi connectivity index (χ1) is 26.2. The molecule has 0 bridgehead atoms. The predicted molar refractivity (Wildman–Crippen MR) is 210 cm³/mol. The van der Waals surface area contributed by atoms with Crippen LogP contribution in [0.4, 0.5) is 10.5 Å². The highest BCUT2D eigenvalue weighted by Gasteiger charge is 2.29. The number of carbonyl (C=O) groups is 4. The summed E-state index contributed by atoms with van der Waals surface area (Å²) in [6, 6.07) is 14.9. The van der Waals surface area contributed by atoms with E-state index in [-0.39, 0.29) is 50.0 Å². The van der Waals surface area contributed by atoms with Gasteiger partial charge in [-0.2, -0.15) is 0 Å². The summed E-state index contributed by atoms with van der Waals surface area (Å²) in [5.74, 6) is -0.789. The van der Waals surface area contributed by atoms with E-state index in [0.717, 1.165) is 28.8 Å². The van der Waals surface area contributed by atoms with Gasteiger partial charge in [0.25, 0.3) is 0 Å². The number of amides is 4. The summed E-state index contributed by atoms with van der Waals surface area (Å²) >= 11 is 0. The molecule has 0 spiro atoms. The van der Waals surface area contributed by atoms with Gasteiger partial charge in [-0.15, -0.1) is 5.10 Å². The van der Waals surface area contributed by atoms with Crippen LogP contribution in [0, 0.1) is 0 Å². The van der Waals surface area contributed by atoms with Crippen molar-refractivity contribution < 1.29 is 33.4 Å². The summed E-state index contributed by atoms with van der Waals surface area (Å²) < 4.78 is 18.7. The highest BCUT2D eigenvalue weighted by Crippen LogP contribution is 2.41. The fourth-order valence-electron chi connectivity index (χ4n) is 6.26. The number of nitrogens with one attached hydrogen (secondary N) is 3. The first-order valence-corrected chi connectivity index (χ1v) is 19.0. The van der Waals surface area contributed by atoms with Gasteiger partial charge in [-0.3, -0.25) is 14.4 Å². The quantitative estimate of drug-likeness (QED) is 0.114. The highest BCUT2D eigenvalue weighted by molar-refractivity contribution is 6.01. The lowest BCUT2D eigenvalue weighted by Crippen LogP contribution is -2.39. The lowest BCUT2D eigenvalue weighted by Gasteiger charge is -2.29. The summed E-state index contributed by atoms with van der Waals surface area (Å²) in [6.07, 6.45) is 2.86. The van der Waals surface area contributed by atoms with Crippen molar-refractivity contribution in [3.8, 4) is 22.5 Å². The van der Waals surface area contributed by atoms with E-state index in [0.29, 0.717) is 56.8 Å². The van der Waals surface area contributed by atoms with E-state index in [2.05, 4.69) is 26.3 Å². The van der Waals surface area contributed by atoms with Crippen LogP contribution in [0.2, 0.25) is 0 Å². The van der Waals surface area contributed by atoms with Crippen molar-refractivity contribution in [2.24, 2.45) is 5.73 Å². The molecule has 15 heteroatoms. The fourth-order valence-corrected chi connectivity index (χ4v) is 6.26. The van der Waals surface area contributed by atoms with E-state index in [1.54, 1.807) is 23.7 Å². The molecule has 3 aromatic rings. The maximum Gasteiger partial charge on any atom is 0.407 e. The lowest BCUT2D eigenvalue weighted by molar-refractivity contribution is -0.125. The lowest BCUT2D eigenvalue weighted by atomic mass is 9.95. The molecule has 15 nitrogen and oxygen atoms in total. The van der Waals surface area contributed by atoms with Gasteiger partial charge in [0.05, 0.1) is 48.3 Å². The Bertz CT molecular complexity index is 1760. The number of benzene rings is 2. The maximum atomic E-state index is 13.9. The van der Waals surface area contributed by atoms with E-state index in [9.17, 15) is 19.2 Å². The number of rotatable bonds is 21. The van der Waals surface area contributed by atoms with Crippen LogP contribution in [-0.4, -0.2) is 96.5 Å². The summed E-state index contributed by atoms with van der Waals surface area (Å²) in [5.41, 5.74) is 9.13. The topological polar surface area (TPSA) is 192 Å². The third-order valence-corrected chi connectivity index (χ3v) is 9.87. The van der Waals surface area contributed by atoms with Crippen LogP contribution in [0.15, 0.2) is 48.5 Å². The average Bonchev–Trinajstić information content (AvgIpc) is 3.56. The third kappa shape index (κ3) is 12.6. The summed E-state index contributed by atoms with van der Waals surface area (Å²) in [4.78, 5) is 52.3. The zero-order valence-electron chi connectivity index (χ0n) is 33.1. The second-order valence-electron chi connectivity index (χ2n) is 14.9. The number of methoxy groups -OCH3 is 1. The van der Waals surface area contributed by atoms with E-state index in [4.69, 9.17) is 19.9 Å². The Morgan fingerprint density at radius 1 is 0.891 bits per heavy atom. The van der Waals surface area contributed by atoms with Crippen molar-refractivity contribution in [2.75, 3.05) is 45.4 Å². The molecule has 1 unspecified atom stereocenters. The number of nitrogens with zero attached hydrogens (tertiary/aromatic N) is 4. The molecule has 0 fully saturated rings. The van der Waals surface area contributed by atoms with Crippen LogP contribution in [0.3, 0.4) is 0 Å². The SMILES string of the molecule is CNC(CCCCNC(=O)OCCn1nnc2c1-c1ccccc1CN(C(=O)CCC(=O)NCCC(C)(C)OCCC(C)(C)OC)c1ccccc1-2)C(N)=O. The largest absolute Gasteiger partial charge is 0.448 e. The summed E-state index contributed by atoms with van der Waals surface area (Å²) in [5, 5.41) is 17.6. The van der Waals surface area contributed by atoms with Gasteiger partial charge in [0.15, 0.2) is 0 Å². The number of likely N-dealkylation sites (N-methyl/N-ethyl adjacent to an activating group) is 1.